The Morgan fingerprint density at radius 2 is 1.61 bits per heavy atom. The number of nitrogens with zero attached hydrogens (tertiary/aromatic N) is 1. The van der Waals surface area contributed by atoms with Gasteiger partial charge in [0, 0.05) is 0 Å². The molecule has 1 atom stereocenters. The van der Waals surface area contributed by atoms with Crippen LogP contribution >= 0.6 is 0 Å². The van der Waals surface area contributed by atoms with Gasteiger partial charge in [0.2, 0.25) is 0 Å². The number of benzene rings is 2. The SMILES string of the molecule is CN(C)C(c1cccc2ccccc12)C(C)(C)O. The summed E-state index contributed by atoms with van der Waals surface area (Å²) >= 11 is 0. The second-order valence-corrected chi connectivity index (χ2v) is 5.59. The molecule has 0 aromatic heterocycles. The van der Waals surface area contributed by atoms with Crippen molar-refractivity contribution in [3.63, 3.8) is 0 Å². The number of hydrogen-bond acceptors (Lipinski definition) is 2. The smallest absolute Gasteiger partial charge is 0.0787 e. The molecule has 2 heteroatoms. The minimum absolute atomic E-state index is 0.0244. The first kappa shape index (κ1) is 13.1. The predicted molar refractivity (Wildman–Crippen MR) is 76.7 cm³/mol. The highest BCUT2D eigenvalue weighted by atomic mass is 16.3. The van der Waals surface area contributed by atoms with Gasteiger partial charge in [-0.1, -0.05) is 42.5 Å². The molecule has 0 aliphatic rings. The molecule has 0 fully saturated rings. The van der Waals surface area contributed by atoms with E-state index in [2.05, 4.69) is 35.2 Å². The summed E-state index contributed by atoms with van der Waals surface area (Å²) in [5, 5.41) is 12.8. The summed E-state index contributed by atoms with van der Waals surface area (Å²) in [6.45, 7) is 3.72. The zero-order valence-electron chi connectivity index (χ0n) is 11.5. The van der Waals surface area contributed by atoms with Crippen LogP contribution in [-0.4, -0.2) is 29.7 Å². The van der Waals surface area contributed by atoms with E-state index < -0.39 is 5.60 Å². The molecule has 2 aromatic carbocycles. The van der Waals surface area contributed by atoms with E-state index in [0.29, 0.717) is 0 Å². The molecule has 0 saturated carbocycles. The highest BCUT2D eigenvalue weighted by molar-refractivity contribution is 5.86. The average Bonchev–Trinajstić information content (AvgIpc) is 2.27. The molecule has 0 heterocycles. The van der Waals surface area contributed by atoms with E-state index in [9.17, 15) is 5.11 Å². The van der Waals surface area contributed by atoms with Crippen LogP contribution in [0.1, 0.15) is 25.5 Å². The fourth-order valence-corrected chi connectivity index (χ4v) is 2.78. The van der Waals surface area contributed by atoms with Crippen molar-refractivity contribution in [2.24, 2.45) is 0 Å². The molecular formula is C16H21NO. The topological polar surface area (TPSA) is 23.5 Å². The van der Waals surface area contributed by atoms with Gasteiger partial charge in [0.05, 0.1) is 11.6 Å². The van der Waals surface area contributed by atoms with Gasteiger partial charge in [0.15, 0.2) is 0 Å². The maximum atomic E-state index is 10.4. The highest BCUT2D eigenvalue weighted by Crippen LogP contribution is 2.34. The summed E-state index contributed by atoms with van der Waals surface area (Å²) in [7, 11) is 4.01. The van der Waals surface area contributed by atoms with Crippen molar-refractivity contribution in [1.82, 2.24) is 4.90 Å². The van der Waals surface area contributed by atoms with Crippen LogP contribution < -0.4 is 0 Å². The Morgan fingerprint density at radius 3 is 2.22 bits per heavy atom. The molecule has 0 bridgehead atoms. The van der Waals surface area contributed by atoms with Crippen molar-refractivity contribution in [3.05, 3.63) is 48.0 Å². The highest BCUT2D eigenvalue weighted by Gasteiger charge is 2.31. The third-order valence-corrected chi connectivity index (χ3v) is 3.30. The molecular weight excluding hydrogens is 222 g/mol. The Hall–Kier alpha value is -1.38. The molecule has 0 spiro atoms. The van der Waals surface area contributed by atoms with E-state index >= 15 is 0 Å². The number of fused-ring (bicyclic) bond motifs is 1. The lowest BCUT2D eigenvalue weighted by atomic mass is 9.88. The van der Waals surface area contributed by atoms with Gasteiger partial charge in [-0.2, -0.15) is 0 Å². The maximum Gasteiger partial charge on any atom is 0.0787 e. The van der Waals surface area contributed by atoms with Crippen molar-refractivity contribution in [2.45, 2.75) is 25.5 Å². The van der Waals surface area contributed by atoms with Gasteiger partial charge in [-0.3, -0.25) is 4.90 Å². The Balaban J connectivity index is 2.65. The summed E-state index contributed by atoms with van der Waals surface area (Å²) in [6.07, 6.45) is 0. The summed E-state index contributed by atoms with van der Waals surface area (Å²) in [5.74, 6) is 0. The summed E-state index contributed by atoms with van der Waals surface area (Å²) < 4.78 is 0. The molecule has 0 saturated heterocycles. The van der Waals surface area contributed by atoms with Crippen molar-refractivity contribution in [3.8, 4) is 0 Å². The van der Waals surface area contributed by atoms with Crippen LogP contribution in [-0.2, 0) is 0 Å². The molecule has 1 unspecified atom stereocenters. The van der Waals surface area contributed by atoms with Gasteiger partial charge in [-0.05, 0) is 44.3 Å². The minimum atomic E-state index is -0.784. The van der Waals surface area contributed by atoms with Crippen LogP contribution in [0, 0.1) is 0 Å². The normalized spacial score (nSPS) is 14.1. The fourth-order valence-electron chi connectivity index (χ4n) is 2.78. The Morgan fingerprint density at radius 1 is 1.00 bits per heavy atom. The lowest BCUT2D eigenvalue weighted by Gasteiger charge is -2.35. The molecule has 2 rings (SSSR count). The molecule has 1 N–H and O–H groups in total. The molecule has 2 aromatic rings. The average molecular weight is 243 g/mol. The second-order valence-electron chi connectivity index (χ2n) is 5.59. The lowest BCUT2D eigenvalue weighted by Crippen LogP contribution is -2.38. The number of likely N-dealkylation sites (N-methyl/N-ethyl adjacent to an activating group) is 1. The molecule has 2 nitrogen and oxygen atoms in total. The molecule has 0 aliphatic heterocycles. The van der Waals surface area contributed by atoms with Gasteiger partial charge in [-0.15, -0.1) is 0 Å². The van der Waals surface area contributed by atoms with E-state index in [1.807, 2.05) is 40.1 Å². The van der Waals surface area contributed by atoms with Crippen LogP contribution in [0.4, 0.5) is 0 Å². The maximum absolute atomic E-state index is 10.4. The Labute approximate surface area is 109 Å². The van der Waals surface area contributed by atoms with Gasteiger partial charge in [0.1, 0.15) is 0 Å². The van der Waals surface area contributed by atoms with E-state index in [4.69, 9.17) is 0 Å². The van der Waals surface area contributed by atoms with Crippen LogP contribution in [0.2, 0.25) is 0 Å². The van der Waals surface area contributed by atoms with Gasteiger partial charge in [-0.25, -0.2) is 0 Å². The minimum Gasteiger partial charge on any atom is -0.388 e. The second kappa shape index (κ2) is 4.71. The Bertz CT molecular complexity index is 535. The van der Waals surface area contributed by atoms with Gasteiger partial charge < -0.3 is 5.11 Å². The van der Waals surface area contributed by atoms with E-state index in [0.717, 1.165) is 0 Å². The number of hydrogen-bond donors (Lipinski definition) is 1. The third kappa shape index (κ3) is 2.40. The van der Waals surface area contributed by atoms with Gasteiger partial charge in [0.25, 0.3) is 0 Å². The Kier molecular flexibility index (Phi) is 3.42. The molecule has 18 heavy (non-hydrogen) atoms. The fraction of sp³-hybridized carbons (Fsp3) is 0.375. The predicted octanol–water partition coefficient (Wildman–Crippen LogP) is 3.21. The van der Waals surface area contributed by atoms with Crippen molar-refractivity contribution >= 4 is 10.8 Å². The lowest BCUT2D eigenvalue weighted by molar-refractivity contribution is -0.00252. The van der Waals surface area contributed by atoms with E-state index in [1.54, 1.807) is 0 Å². The van der Waals surface area contributed by atoms with E-state index in [-0.39, 0.29) is 6.04 Å². The van der Waals surface area contributed by atoms with E-state index in [1.165, 1.54) is 16.3 Å². The van der Waals surface area contributed by atoms with Crippen molar-refractivity contribution in [1.29, 1.82) is 0 Å². The zero-order chi connectivity index (χ0) is 13.3. The monoisotopic (exact) mass is 243 g/mol. The van der Waals surface area contributed by atoms with Crippen molar-refractivity contribution in [2.75, 3.05) is 14.1 Å². The zero-order valence-corrected chi connectivity index (χ0v) is 11.5. The first-order chi connectivity index (χ1) is 8.41. The van der Waals surface area contributed by atoms with Crippen LogP contribution in [0.15, 0.2) is 42.5 Å². The first-order valence-electron chi connectivity index (χ1n) is 6.27. The summed E-state index contributed by atoms with van der Waals surface area (Å²) in [5.41, 5.74) is 0.388. The number of aliphatic hydroxyl groups is 1. The standard InChI is InChI=1S/C16H21NO/c1-16(2,18)15(17(3)4)14-11-7-9-12-8-5-6-10-13(12)14/h5-11,15,18H,1-4H3. The molecule has 0 aliphatic carbocycles. The van der Waals surface area contributed by atoms with Crippen LogP contribution in [0.25, 0.3) is 10.8 Å². The third-order valence-electron chi connectivity index (χ3n) is 3.30. The molecule has 0 radical (unpaired) electrons. The molecule has 96 valence electrons. The van der Waals surface area contributed by atoms with Gasteiger partial charge >= 0.3 is 0 Å². The largest absolute Gasteiger partial charge is 0.388 e. The number of rotatable bonds is 3. The van der Waals surface area contributed by atoms with Crippen LogP contribution in [0.5, 0.6) is 0 Å². The quantitative estimate of drug-likeness (QED) is 0.894. The van der Waals surface area contributed by atoms with Crippen molar-refractivity contribution < 1.29 is 5.11 Å². The summed E-state index contributed by atoms with van der Waals surface area (Å²) in [4.78, 5) is 2.07. The first-order valence-corrected chi connectivity index (χ1v) is 6.27. The molecule has 0 amide bonds. The van der Waals surface area contributed by atoms with Crippen LogP contribution in [0.3, 0.4) is 0 Å². The summed E-state index contributed by atoms with van der Waals surface area (Å²) in [6, 6.07) is 14.6.